The zero-order valence-corrected chi connectivity index (χ0v) is 15.9. The molecule has 3 heterocycles. The van der Waals surface area contributed by atoms with Crippen LogP contribution in [0.15, 0.2) is 48.9 Å². The number of carbonyl (C=O) groups excluding carboxylic acids is 1. The Morgan fingerprint density at radius 3 is 2.89 bits per heavy atom. The van der Waals surface area contributed by atoms with Crippen molar-refractivity contribution in [1.29, 1.82) is 0 Å². The van der Waals surface area contributed by atoms with Crippen LogP contribution in [0.2, 0.25) is 0 Å². The summed E-state index contributed by atoms with van der Waals surface area (Å²) in [6.07, 6.45) is 10.6. The van der Waals surface area contributed by atoms with E-state index < -0.39 is 0 Å². The van der Waals surface area contributed by atoms with Gasteiger partial charge >= 0.3 is 0 Å². The Bertz CT molecular complexity index is 777. The highest BCUT2D eigenvalue weighted by atomic mass is 16.2. The van der Waals surface area contributed by atoms with E-state index in [-0.39, 0.29) is 11.8 Å². The van der Waals surface area contributed by atoms with E-state index in [1.807, 2.05) is 48.2 Å². The molecule has 0 aromatic carbocycles. The fourth-order valence-electron chi connectivity index (χ4n) is 3.17. The van der Waals surface area contributed by atoms with Crippen LogP contribution in [0, 0.1) is 0 Å². The zero-order valence-electron chi connectivity index (χ0n) is 15.9. The summed E-state index contributed by atoms with van der Waals surface area (Å²) in [5, 5.41) is 3.25. The maximum Gasteiger partial charge on any atom is 0.246 e. The Labute approximate surface area is 160 Å². The third kappa shape index (κ3) is 5.34. The average molecular weight is 366 g/mol. The van der Waals surface area contributed by atoms with Gasteiger partial charge in [-0.25, -0.2) is 9.97 Å². The van der Waals surface area contributed by atoms with Crippen molar-refractivity contribution >= 4 is 17.5 Å². The van der Waals surface area contributed by atoms with Gasteiger partial charge < -0.3 is 15.1 Å². The third-order valence-corrected chi connectivity index (χ3v) is 4.49. The fourth-order valence-corrected chi connectivity index (χ4v) is 3.17. The summed E-state index contributed by atoms with van der Waals surface area (Å²) in [4.78, 5) is 29.7. The van der Waals surface area contributed by atoms with Crippen LogP contribution in [-0.4, -0.2) is 64.4 Å². The van der Waals surface area contributed by atoms with Crippen LogP contribution in [0.25, 0.3) is 0 Å². The lowest BCUT2D eigenvalue weighted by atomic mass is 9.94. The van der Waals surface area contributed by atoms with Gasteiger partial charge in [-0.15, -0.1) is 0 Å². The van der Waals surface area contributed by atoms with Crippen LogP contribution >= 0.6 is 0 Å². The fraction of sp³-hybridized carbons (Fsp3) is 0.400. The van der Waals surface area contributed by atoms with Gasteiger partial charge in [0.25, 0.3) is 0 Å². The molecule has 0 unspecified atom stereocenters. The van der Waals surface area contributed by atoms with Crippen molar-refractivity contribution in [2.45, 2.75) is 18.8 Å². The van der Waals surface area contributed by atoms with Crippen molar-refractivity contribution in [3.05, 3.63) is 54.6 Å². The summed E-state index contributed by atoms with van der Waals surface area (Å²) < 4.78 is 0. The average Bonchev–Trinajstić information content (AvgIpc) is 2.69. The lowest BCUT2D eigenvalue weighted by Crippen LogP contribution is -2.38. The Morgan fingerprint density at radius 1 is 1.26 bits per heavy atom. The van der Waals surface area contributed by atoms with Crippen LogP contribution in [0.1, 0.15) is 24.5 Å². The molecule has 7 nitrogen and oxygen atoms in total. The van der Waals surface area contributed by atoms with Crippen LogP contribution in [0.4, 0.5) is 11.6 Å². The van der Waals surface area contributed by atoms with Gasteiger partial charge in [-0.1, -0.05) is 12.1 Å². The Balaban J connectivity index is 1.71. The molecule has 142 valence electrons. The number of aromatic nitrogens is 3. The van der Waals surface area contributed by atoms with E-state index in [1.54, 1.807) is 24.7 Å². The Kier molecular flexibility index (Phi) is 6.49. The summed E-state index contributed by atoms with van der Waals surface area (Å²) in [5.74, 6) is 1.66. The van der Waals surface area contributed by atoms with Crippen molar-refractivity contribution in [2.24, 2.45) is 0 Å². The Morgan fingerprint density at radius 2 is 2.11 bits per heavy atom. The molecule has 0 aliphatic carbocycles. The molecule has 1 saturated heterocycles. The third-order valence-electron chi connectivity index (χ3n) is 4.49. The topological polar surface area (TPSA) is 74.2 Å². The lowest BCUT2D eigenvalue weighted by Gasteiger charge is -2.32. The molecule has 1 amide bonds. The van der Waals surface area contributed by atoms with E-state index in [2.05, 4.69) is 20.3 Å². The number of anilines is 2. The molecule has 2 aromatic rings. The Hall–Kier alpha value is -2.80. The second-order valence-corrected chi connectivity index (χ2v) is 6.92. The molecule has 0 radical (unpaired) electrons. The first-order valence-electron chi connectivity index (χ1n) is 9.22. The first-order chi connectivity index (χ1) is 13.1. The second-order valence-electron chi connectivity index (χ2n) is 6.92. The number of likely N-dealkylation sites (N-methyl/N-ethyl adjacent to an activating group) is 1. The molecule has 2 aromatic heterocycles. The molecule has 1 aliphatic heterocycles. The number of likely N-dealkylation sites (tertiary alicyclic amines) is 1. The van der Waals surface area contributed by atoms with Crippen LogP contribution < -0.4 is 5.32 Å². The number of nitrogens with one attached hydrogen (secondary N) is 1. The number of piperidine rings is 1. The van der Waals surface area contributed by atoms with Gasteiger partial charge in [-0.2, -0.15) is 0 Å². The highest BCUT2D eigenvalue weighted by Gasteiger charge is 2.27. The number of carbonyl (C=O) groups is 1. The van der Waals surface area contributed by atoms with E-state index in [4.69, 9.17) is 0 Å². The van der Waals surface area contributed by atoms with E-state index in [0.29, 0.717) is 12.4 Å². The van der Waals surface area contributed by atoms with Gasteiger partial charge in [-0.05, 0) is 39.1 Å². The van der Waals surface area contributed by atoms with Crippen molar-refractivity contribution < 1.29 is 4.79 Å². The molecule has 27 heavy (non-hydrogen) atoms. The summed E-state index contributed by atoms with van der Waals surface area (Å²) in [6.45, 7) is 2.19. The number of hydrogen-bond donors (Lipinski definition) is 1. The number of nitrogens with zero attached hydrogens (tertiary/aromatic N) is 5. The molecular formula is C20H26N6O. The molecule has 1 fully saturated rings. The van der Waals surface area contributed by atoms with Gasteiger partial charge in [0.2, 0.25) is 5.91 Å². The molecule has 0 spiro atoms. The number of hydrogen-bond acceptors (Lipinski definition) is 6. The van der Waals surface area contributed by atoms with E-state index >= 15 is 0 Å². The zero-order chi connectivity index (χ0) is 19.1. The maximum absolute atomic E-state index is 12.5. The first kappa shape index (κ1) is 19.0. The standard InChI is InChI=1S/C20H26N6O/c1-25(2)13-6-9-18(27)26-14-5-7-16(15-26)19-20(23-12-11-22-19)24-17-8-3-4-10-21-17/h3-4,6,8-12,16H,5,7,13-15H2,1-2H3,(H,21,23,24)/b9-6+/t16-/m0/s1. The molecular weight excluding hydrogens is 340 g/mol. The van der Waals surface area contributed by atoms with Gasteiger partial charge in [0, 0.05) is 50.2 Å². The van der Waals surface area contributed by atoms with Gasteiger partial charge in [0.05, 0.1) is 5.69 Å². The van der Waals surface area contributed by atoms with Crippen LogP contribution in [0.3, 0.4) is 0 Å². The lowest BCUT2D eigenvalue weighted by molar-refractivity contribution is -0.127. The normalized spacial score (nSPS) is 17.4. The molecule has 1 atom stereocenters. The molecule has 3 rings (SSSR count). The molecule has 1 aliphatic rings. The summed E-state index contributed by atoms with van der Waals surface area (Å²) in [6, 6.07) is 5.69. The quantitative estimate of drug-likeness (QED) is 0.792. The molecule has 1 N–H and O–H groups in total. The van der Waals surface area contributed by atoms with Gasteiger partial charge in [-0.3, -0.25) is 9.78 Å². The van der Waals surface area contributed by atoms with Gasteiger partial charge in [0.1, 0.15) is 5.82 Å². The van der Waals surface area contributed by atoms with Crippen LogP contribution in [-0.2, 0) is 4.79 Å². The van der Waals surface area contributed by atoms with Crippen LogP contribution in [0.5, 0.6) is 0 Å². The monoisotopic (exact) mass is 366 g/mol. The minimum absolute atomic E-state index is 0.0599. The predicted molar refractivity (Wildman–Crippen MR) is 106 cm³/mol. The number of rotatable bonds is 6. The van der Waals surface area contributed by atoms with E-state index in [1.165, 1.54) is 0 Å². The van der Waals surface area contributed by atoms with Crippen molar-refractivity contribution in [2.75, 3.05) is 39.0 Å². The maximum atomic E-state index is 12.5. The molecule has 7 heteroatoms. The van der Waals surface area contributed by atoms with E-state index in [9.17, 15) is 4.79 Å². The summed E-state index contributed by atoms with van der Waals surface area (Å²) in [7, 11) is 3.96. The van der Waals surface area contributed by atoms with Gasteiger partial charge in [0.15, 0.2) is 5.82 Å². The molecule has 0 saturated carbocycles. The number of amides is 1. The molecule has 0 bridgehead atoms. The minimum atomic E-state index is 0.0599. The highest BCUT2D eigenvalue weighted by Crippen LogP contribution is 2.30. The minimum Gasteiger partial charge on any atom is -0.338 e. The van der Waals surface area contributed by atoms with Crippen molar-refractivity contribution in [1.82, 2.24) is 24.8 Å². The first-order valence-corrected chi connectivity index (χ1v) is 9.22. The SMILES string of the molecule is CN(C)C/C=C/C(=O)N1CCC[C@H](c2nccnc2Nc2ccccn2)C1. The number of pyridine rings is 1. The predicted octanol–water partition coefficient (Wildman–Crippen LogP) is 2.44. The summed E-state index contributed by atoms with van der Waals surface area (Å²) >= 11 is 0. The van der Waals surface area contributed by atoms with E-state index in [0.717, 1.165) is 37.4 Å². The highest BCUT2D eigenvalue weighted by molar-refractivity contribution is 5.87. The summed E-state index contributed by atoms with van der Waals surface area (Å²) in [5.41, 5.74) is 0.887. The van der Waals surface area contributed by atoms with Crippen molar-refractivity contribution in [3.8, 4) is 0 Å². The largest absolute Gasteiger partial charge is 0.338 e. The van der Waals surface area contributed by atoms with Crippen molar-refractivity contribution in [3.63, 3.8) is 0 Å². The second kappa shape index (κ2) is 9.23. The smallest absolute Gasteiger partial charge is 0.246 e.